The van der Waals surface area contributed by atoms with Crippen molar-refractivity contribution in [1.82, 2.24) is 39.5 Å². The number of aromatic nitrogens is 4. The molecule has 4 heterocycles. The maximum absolute atomic E-state index is 4.97. The SMILES string of the molecule is CCCN1CCN(CCc2cccc(Nc3nc(I)cc(CC(C)N4CCN(CCc5cccc(Nc6nccc([I-]CC)n6)c5)CC4)n3)c2)CC1. The van der Waals surface area contributed by atoms with Crippen molar-refractivity contribution >= 4 is 45.9 Å². The molecule has 52 heavy (non-hydrogen) atoms. The van der Waals surface area contributed by atoms with Gasteiger partial charge in [0, 0.05) is 56.6 Å². The van der Waals surface area contributed by atoms with Gasteiger partial charge in [-0.25, -0.2) is 9.97 Å². The number of hydrogen-bond acceptors (Lipinski definition) is 10. The summed E-state index contributed by atoms with van der Waals surface area (Å²) in [5, 5.41) is 6.93. The quantitative estimate of drug-likeness (QED) is 0.0938. The van der Waals surface area contributed by atoms with E-state index in [1.807, 2.05) is 12.3 Å². The minimum Gasteiger partial charge on any atom is -0.218 e. The van der Waals surface area contributed by atoms with E-state index in [0.29, 0.717) is 17.9 Å². The van der Waals surface area contributed by atoms with Crippen molar-refractivity contribution in [2.24, 2.45) is 0 Å². The smallest absolute Gasteiger partial charge is 0.218 e. The molecule has 2 aromatic heterocycles. The number of benzene rings is 2. The van der Waals surface area contributed by atoms with Crippen molar-refractivity contribution in [2.75, 3.05) is 87.1 Å². The summed E-state index contributed by atoms with van der Waals surface area (Å²) in [5.74, 6) is 1.38. The molecular formula is C40H55I2N10-. The fraction of sp³-hybridized carbons (Fsp3) is 0.500. The molecule has 0 aliphatic carbocycles. The normalized spacial score (nSPS) is 17.0. The summed E-state index contributed by atoms with van der Waals surface area (Å²) in [7, 11) is 0. The van der Waals surface area contributed by atoms with Crippen LogP contribution >= 0.6 is 22.6 Å². The molecule has 0 radical (unpaired) electrons. The average molecular weight is 930 g/mol. The Kier molecular flexibility index (Phi) is 15.3. The van der Waals surface area contributed by atoms with Crippen molar-refractivity contribution in [1.29, 1.82) is 0 Å². The van der Waals surface area contributed by atoms with Crippen LogP contribution in [0.2, 0.25) is 0 Å². The molecule has 12 heteroatoms. The third kappa shape index (κ3) is 12.3. The van der Waals surface area contributed by atoms with Crippen LogP contribution in [0, 0.1) is 7.40 Å². The summed E-state index contributed by atoms with van der Waals surface area (Å²) in [6.45, 7) is 19.3. The second kappa shape index (κ2) is 20.3. The number of anilines is 4. The van der Waals surface area contributed by atoms with Crippen LogP contribution in [0.15, 0.2) is 66.9 Å². The minimum atomic E-state index is -0.0327. The molecule has 1 atom stereocenters. The second-order valence-corrected chi connectivity index (χ2v) is 18.4. The molecule has 0 amide bonds. The predicted octanol–water partition coefficient (Wildman–Crippen LogP) is 3.00. The molecule has 0 saturated carbocycles. The van der Waals surface area contributed by atoms with Gasteiger partial charge >= 0.3 is 149 Å². The molecule has 0 spiro atoms. The van der Waals surface area contributed by atoms with Gasteiger partial charge in [-0.05, 0) is 72.7 Å². The molecule has 2 aliphatic heterocycles. The summed E-state index contributed by atoms with van der Waals surface area (Å²) in [5.41, 5.74) is 5.89. The van der Waals surface area contributed by atoms with E-state index in [1.54, 1.807) is 0 Å². The first kappa shape index (κ1) is 39.2. The molecular weight excluding hydrogens is 874 g/mol. The Hall–Kier alpha value is -2.50. The van der Waals surface area contributed by atoms with Gasteiger partial charge < -0.3 is 15.1 Å². The molecule has 6 rings (SSSR count). The van der Waals surface area contributed by atoms with Crippen LogP contribution in [0.25, 0.3) is 0 Å². The third-order valence-electron chi connectivity index (χ3n) is 9.98. The molecule has 10 nitrogen and oxygen atoms in total. The fourth-order valence-corrected chi connectivity index (χ4v) is 9.27. The number of hydrogen-bond donors (Lipinski definition) is 2. The summed E-state index contributed by atoms with van der Waals surface area (Å²) in [6.07, 6.45) is 6.10. The summed E-state index contributed by atoms with van der Waals surface area (Å²) >= 11 is 2.29. The van der Waals surface area contributed by atoms with E-state index in [1.165, 1.54) is 58.4 Å². The zero-order valence-corrected chi connectivity index (χ0v) is 35.4. The molecule has 2 N–H and O–H groups in total. The molecule has 1 unspecified atom stereocenters. The van der Waals surface area contributed by atoms with Crippen LogP contribution in [0.1, 0.15) is 44.0 Å². The van der Waals surface area contributed by atoms with Gasteiger partial charge in [-0.15, -0.1) is 0 Å². The zero-order valence-electron chi connectivity index (χ0n) is 31.1. The Morgan fingerprint density at radius 3 is 1.92 bits per heavy atom. The second-order valence-electron chi connectivity index (χ2n) is 13.9. The van der Waals surface area contributed by atoms with Crippen molar-refractivity contribution in [3.63, 3.8) is 0 Å². The van der Waals surface area contributed by atoms with Gasteiger partial charge in [0.1, 0.15) is 3.70 Å². The van der Waals surface area contributed by atoms with Crippen LogP contribution in [0.3, 0.4) is 0 Å². The van der Waals surface area contributed by atoms with E-state index in [4.69, 9.17) is 15.0 Å². The first-order valence-corrected chi connectivity index (χ1v) is 22.7. The monoisotopic (exact) mass is 929 g/mol. The Morgan fingerprint density at radius 2 is 1.31 bits per heavy atom. The van der Waals surface area contributed by atoms with Crippen LogP contribution in [-0.2, 0) is 19.3 Å². The van der Waals surface area contributed by atoms with E-state index in [-0.39, 0.29) is 21.2 Å². The van der Waals surface area contributed by atoms with Crippen LogP contribution in [0.4, 0.5) is 23.3 Å². The van der Waals surface area contributed by atoms with E-state index in [2.05, 4.69) is 133 Å². The first-order chi connectivity index (χ1) is 25.4. The van der Waals surface area contributed by atoms with Gasteiger partial charge in [-0.1, -0.05) is 19.1 Å². The zero-order chi connectivity index (χ0) is 36.1. The van der Waals surface area contributed by atoms with Crippen LogP contribution in [0.5, 0.6) is 0 Å². The van der Waals surface area contributed by atoms with Crippen molar-refractivity contribution in [3.8, 4) is 0 Å². The van der Waals surface area contributed by atoms with E-state index >= 15 is 0 Å². The third-order valence-corrected chi connectivity index (χ3v) is 12.7. The van der Waals surface area contributed by atoms with Gasteiger partial charge in [0.2, 0.25) is 5.95 Å². The fourth-order valence-electron chi connectivity index (χ4n) is 7.09. The number of nitrogens with zero attached hydrogens (tertiary/aromatic N) is 8. The average Bonchev–Trinajstić information content (AvgIpc) is 3.14. The maximum atomic E-state index is 4.97. The van der Waals surface area contributed by atoms with Gasteiger partial charge in [-0.3, -0.25) is 4.90 Å². The standard InChI is InChI=1S/C40H55I2N10/c1-4-16-49-19-21-50(22-20-49)17-13-33-9-7-11-35(29-33)45-40-46-36(30-37(41)47-40)27-31(3)52-25-23-51(24-26-52)18-14-32-8-6-10-34(28-32)44-39-43-15-12-38(48-39)42-5-2/h6-12,15,28-31H,4-5,13-14,16-27H2,1-3H3,(H,43,44,48)(H,45,46,47)/q-1. The number of piperazine rings is 2. The van der Waals surface area contributed by atoms with E-state index in [9.17, 15) is 0 Å². The molecule has 2 aliphatic rings. The molecule has 2 saturated heterocycles. The molecule has 2 fully saturated rings. The Labute approximate surface area is 335 Å². The predicted molar refractivity (Wildman–Crippen MR) is 217 cm³/mol. The number of rotatable bonds is 17. The number of halogens is 2. The van der Waals surface area contributed by atoms with Gasteiger partial charge in [-0.2, -0.15) is 0 Å². The Balaban J connectivity index is 0.940. The number of alkyl halides is 1. The van der Waals surface area contributed by atoms with E-state index in [0.717, 1.165) is 79.3 Å². The minimum absolute atomic E-state index is 0.0327. The first-order valence-electron chi connectivity index (χ1n) is 19.0. The Morgan fingerprint density at radius 1 is 0.712 bits per heavy atom. The summed E-state index contributed by atoms with van der Waals surface area (Å²) < 4.78 is 3.34. The molecule has 2 aromatic carbocycles. The summed E-state index contributed by atoms with van der Waals surface area (Å²) in [6, 6.07) is 22.0. The Bertz CT molecular complexity index is 1690. The number of nitrogens with one attached hydrogen (secondary N) is 2. The van der Waals surface area contributed by atoms with Crippen LogP contribution in [-0.4, -0.2) is 122 Å². The molecule has 0 bridgehead atoms. The van der Waals surface area contributed by atoms with Gasteiger partial charge in [0.25, 0.3) is 0 Å². The van der Waals surface area contributed by atoms with Crippen molar-refractivity contribution < 1.29 is 21.2 Å². The van der Waals surface area contributed by atoms with E-state index < -0.39 is 0 Å². The topological polar surface area (TPSA) is 88.6 Å². The van der Waals surface area contributed by atoms with Crippen molar-refractivity contribution in [2.45, 2.75) is 52.5 Å². The molecule has 280 valence electrons. The van der Waals surface area contributed by atoms with Crippen LogP contribution < -0.4 is 31.8 Å². The van der Waals surface area contributed by atoms with Crippen molar-refractivity contribution in [3.05, 3.63) is 91.1 Å². The summed E-state index contributed by atoms with van der Waals surface area (Å²) in [4.78, 5) is 29.3. The van der Waals surface area contributed by atoms with Gasteiger partial charge in [0.15, 0.2) is 0 Å². The molecule has 4 aromatic rings. The van der Waals surface area contributed by atoms with Gasteiger partial charge in [0.05, 0.1) is 0 Å².